The molecule has 2 unspecified atom stereocenters. The molecule has 0 aliphatic carbocycles. The van der Waals surface area contributed by atoms with E-state index in [4.69, 9.17) is 11.6 Å². The van der Waals surface area contributed by atoms with Gasteiger partial charge in [0.1, 0.15) is 0 Å². The molecule has 1 aliphatic rings. The van der Waals surface area contributed by atoms with E-state index in [1.165, 1.54) is 0 Å². The fourth-order valence-electron chi connectivity index (χ4n) is 4.31. The van der Waals surface area contributed by atoms with Crippen molar-refractivity contribution in [3.8, 4) is 0 Å². The fourth-order valence-corrected chi connectivity index (χ4v) is 4.44. The maximum Gasteiger partial charge on any atom is 0.321 e. The highest BCUT2D eigenvalue weighted by Crippen LogP contribution is 2.31. The highest BCUT2D eigenvalue weighted by atomic mass is 35.5. The van der Waals surface area contributed by atoms with Gasteiger partial charge in [0, 0.05) is 36.3 Å². The minimum Gasteiger partial charge on any atom is -0.352 e. The molecule has 6 heteroatoms. The minimum atomic E-state index is -0.287. The summed E-state index contributed by atoms with van der Waals surface area (Å²) in [5.74, 6) is -0.225. The van der Waals surface area contributed by atoms with E-state index in [-0.39, 0.29) is 23.8 Å². The van der Waals surface area contributed by atoms with Crippen molar-refractivity contribution in [3.05, 3.63) is 101 Å². The van der Waals surface area contributed by atoms with Gasteiger partial charge in [0.2, 0.25) is 5.91 Å². The van der Waals surface area contributed by atoms with Crippen LogP contribution in [0.25, 0.3) is 0 Å². The first-order valence-electron chi connectivity index (χ1n) is 11.2. The lowest BCUT2D eigenvalue weighted by atomic mass is 9.84. The summed E-state index contributed by atoms with van der Waals surface area (Å²) < 4.78 is 0. The number of anilines is 1. The summed E-state index contributed by atoms with van der Waals surface area (Å²) in [4.78, 5) is 27.9. The molecule has 2 atom stereocenters. The summed E-state index contributed by atoms with van der Waals surface area (Å²) >= 11 is 5.95. The Hall–Kier alpha value is -3.31. The predicted molar refractivity (Wildman–Crippen MR) is 132 cm³/mol. The van der Waals surface area contributed by atoms with Crippen LogP contribution >= 0.6 is 11.6 Å². The lowest BCUT2D eigenvalue weighted by molar-refractivity contribution is -0.126. The van der Waals surface area contributed by atoms with Gasteiger partial charge in [-0.05, 0) is 48.7 Å². The van der Waals surface area contributed by atoms with Crippen LogP contribution in [0.3, 0.4) is 0 Å². The van der Waals surface area contributed by atoms with Gasteiger partial charge in [-0.1, -0.05) is 71.8 Å². The predicted octanol–water partition coefficient (Wildman–Crippen LogP) is 5.60. The number of rotatable bonds is 5. The Morgan fingerprint density at radius 1 is 0.970 bits per heavy atom. The molecule has 0 bridgehead atoms. The number of carbonyl (C=O) groups excluding carboxylic acids is 2. The van der Waals surface area contributed by atoms with Gasteiger partial charge in [0.25, 0.3) is 0 Å². The van der Waals surface area contributed by atoms with Crippen molar-refractivity contribution >= 4 is 29.2 Å². The van der Waals surface area contributed by atoms with Crippen LogP contribution < -0.4 is 10.6 Å². The lowest BCUT2D eigenvalue weighted by Crippen LogP contribution is -2.49. The van der Waals surface area contributed by atoms with Gasteiger partial charge in [-0.25, -0.2) is 4.79 Å². The van der Waals surface area contributed by atoms with Crippen molar-refractivity contribution in [3.63, 3.8) is 0 Å². The van der Waals surface area contributed by atoms with Gasteiger partial charge < -0.3 is 15.5 Å². The van der Waals surface area contributed by atoms with E-state index >= 15 is 0 Å². The third-order valence-corrected chi connectivity index (χ3v) is 6.28. The number of likely N-dealkylation sites (tertiary alicyclic amines) is 1. The highest BCUT2D eigenvalue weighted by molar-refractivity contribution is 6.30. The number of nitrogens with zero attached hydrogens (tertiary/aromatic N) is 1. The van der Waals surface area contributed by atoms with E-state index in [9.17, 15) is 9.59 Å². The third kappa shape index (κ3) is 6.14. The second-order valence-corrected chi connectivity index (χ2v) is 9.03. The molecule has 1 saturated heterocycles. The summed E-state index contributed by atoms with van der Waals surface area (Å²) in [5.41, 5.74) is 4.04. The van der Waals surface area contributed by atoms with Crippen LogP contribution in [0.1, 0.15) is 29.0 Å². The summed E-state index contributed by atoms with van der Waals surface area (Å²) in [5, 5.41) is 6.61. The molecule has 2 N–H and O–H groups in total. The molecule has 1 heterocycles. The number of halogens is 1. The maximum absolute atomic E-state index is 13.1. The molecule has 3 aromatic rings. The Bertz CT molecular complexity index is 1100. The first-order chi connectivity index (χ1) is 16.0. The molecule has 4 rings (SSSR count). The fraction of sp³-hybridized carbons (Fsp3) is 0.259. The van der Waals surface area contributed by atoms with E-state index < -0.39 is 0 Å². The van der Waals surface area contributed by atoms with Gasteiger partial charge in [0.05, 0.1) is 5.92 Å². The number of hydrogen-bond donors (Lipinski definition) is 2. The standard InChI is InChI=1S/C27H28ClN3O2/c1-19-6-5-7-20(14-19)16-29-26(32)23-15-22(21-8-3-2-4-9-21)17-31(18-23)27(33)30-25-12-10-24(28)11-13-25/h2-14,22-23H,15-18H2,1H3,(H,29,32)(H,30,33). The zero-order valence-corrected chi connectivity index (χ0v) is 19.4. The van der Waals surface area contributed by atoms with Crippen LogP contribution in [0.4, 0.5) is 10.5 Å². The van der Waals surface area contributed by atoms with Gasteiger partial charge in [0.15, 0.2) is 0 Å². The van der Waals surface area contributed by atoms with Crippen molar-refractivity contribution in [2.45, 2.75) is 25.8 Å². The van der Waals surface area contributed by atoms with E-state index in [1.54, 1.807) is 29.2 Å². The number of urea groups is 1. The zero-order chi connectivity index (χ0) is 23.2. The van der Waals surface area contributed by atoms with Gasteiger partial charge >= 0.3 is 6.03 Å². The molecular formula is C27H28ClN3O2. The molecular weight excluding hydrogens is 434 g/mol. The number of hydrogen-bond acceptors (Lipinski definition) is 2. The van der Waals surface area contributed by atoms with Crippen LogP contribution in [-0.4, -0.2) is 29.9 Å². The van der Waals surface area contributed by atoms with Crippen LogP contribution in [0.2, 0.25) is 5.02 Å². The van der Waals surface area contributed by atoms with Crippen LogP contribution in [0, 0.1) is 12.8 Å². The molecule has 33 heavy (non-hydrogen) atoms. The van der Waals surface area contributed by atoms with Crippen molar-refractivity contribution in [1.29, 1.82) is 0 Å². The second kappa shape index (κ2) is 10.5. The SMILES string of the molecule is Cc1cccc(CNC(=O)C2CC(c3ccccc3)CN(C(=O)Nc3ccc(Cl)cc3)C2)c1. The van der Waals surface area contributed by atoms with Crippen LogP contribution in [0.15, 0.2) is 78.9 Å². The highest BCUT2D eigenvalue weighted by Gasteiger charge is 2.34. The zero-order valence-electron chi connectivity index (χ0n) is 18.6. The van der Waals surface area contributed by atoms with Crippen LogP contribution in [-0.2, 0) is 11.3 Å². The number of piperidine rings is 1. The minimum absolute atomic E-state index is 0.0265. The van der Waals surface area contributed by atoms with Gasteiger partial charge in [-0.15, -0.1) is 0 Å². The summed E-state index contributed by atoms with van der Waals surface area (Å²) in [6.07, 6.45) is 0.703. The van der Waals surface area contributed by atoms with E-state index in [0.29, 0.717) is 36.8 Å². The average molecular weight is 462 g/mol. The Morgan fingerprint density at radius 3 is 2.45 bits per heavy atom. The van der Waals surface area contributed by atoms with E-state index in [0.717, 1.165) is 16.7 Å². The summed E-state index contributed by atoms with van der Waals surface area (Å²) in [6.45, 7) is 3.45. The third-order valence-electron chi connectivity index (χ3n) is 6.02. The number of amides is 3. The Kier molecular flexibility index (Phi) is 7.30. The van der Waals surface area contributed by atoms with Crippen molar-refractivity contribution in [2.75, 3.05) is 18.4 Å². The van der Waals surface area contributed by atoms with E-state index in [2.05, 4.69) is 28.8 Å². The van der Waals surface area contributed by atoms with E-state index in [1.807, 2.05) is 43.3 Å². The number of benzene rings is 3. The smallest absolute Gasteiger partial charge is 0.321 e. The van der Waals surface area contributed by atoms with Crippen molar-refractivity contribution < 1.29 is 9.59 Å². The number of nitrogens with one attached hydrogen (secondary N) is 2. The number of aryl methyl sites for hydroxylation is 1. The molecule has 0 saturated carbocycles. The van der Waals surface area contributed by atoms with Gasteiger partial charge in [-0.3, -0.25) is 4.79 Å². The maximum atomic E-state index is 13.1. The monoisotopic (exact) mass is 461 g/mol. The second-order valence-electron chi connectivity index (χ2n) is 8.59. The molecule has 170 valence electrons. The Labute approximate surface area is 199 Å². The van der Waals surface area contributed by atoms with Crippen molar-refractivity contribution in [2.24, 2.45) is 5.92 Å². The molecule has 1 fully saturated rings. The molecule has 0 radical (unpaired) electrons. The molecule has 0 spiro atoms. The first-order valence-corrected chi connectivity index (χ1v) is 11.6. The molecule has 0 aromatic heterocycles. The normalized spacial score (nSPS) is 17.9. The number of carbonyl (C=O) groups is 2. The summed E-state index contributed by atoms with van der Waals surface area (Å²) in [6, 6.07) is 25.0. The quantitative estimate of drug-likeness (QED) is 0.519. The Balaban J connectivity index is 1.47. The molecule has 3 aromatic carbocycles. The Morgan fingerprint density at radius 2 is 1.73 bits per heavy atom. The molecule has 5 nitrogen and oxygen atoms in total. The first kappa shape index (κ1) is 22.9. The van der Waals surface area contributed by atoms with Gasteiger partial charge in [-0.2, -0.15) is 0 Å². The topological polar surface area (TPSA) is 61.4 Å². The lowest BCUT2D eigenvalue weighted by Gasteiger charge is -2.37. The molecule has 1 aliphatic heterocycles. The molecule has 3 amide bonds. The largest absolute Gasteiger partial charge is 0.352 e. The average Bonchev–Trinajstić information content (AvgIpc) is 2.84. The van der Waals surface area contributed by atoms with Crippen molar-refractivity contribution in [1.82, 2.24) is 10.2 Å². The van der Waals surface area contributed by atoms with Crippen LogP contribution in [0.5, 0.6) is 0 Å². The summed E-state index contributed by atoms with van der Waals surface area (Å²) in [7, 11) is 0.